The minimum absolute atomic E-state index is 0.199. The summed E-state index contributed by atoms with van der Waals surface area (Å²) in [6.07, 6.45) is -0.980. The first-order valence-electron chi connectivity index (χ1n) is 5.96. The quantitative estimate of drug-likeness (QED) is 0.587. The van der Waals surface area contributed by atoms with Crippen LogP contribution in [0.4, 0.5) is 0 Å². The van der Waals surface area contributed by atoms with Crippen molar-refractivity contribution in [2.24, 2.45) is 0 Å². The van der Waals surface area contributed by atoms with Crippen molar-refractivity contribution >= 4 is 34.5 Å². The summed E-state index contributed by atoms with van der Waals surface area (Å²) in [5, 5.41) is 9.90. The molecule has 1 aromatic carbocycles. The topological polar surface area (TPSA) is 55.8 Å². The highest BCUT2D eigenvalue weighted by Crippen LogP contribution is 2.11. The minimum Gasteiger partial charge on any atom is -0.501 e. The van der Waals surface area contributed by atoms with E-state index in [0.29, 0.717) is 16.5 Å². The van der Waals surface area contributed by atoms with Crippen molar-refractivity contribution in [1.29, 1.82) is 0 Å². The third-order valence-electron chi connectivity index (χ3n) is 2.85. The van der Waals surface area contributed by atoms with Crippen LogP contribution < -0.4 is 5.46 Å². The van der Waals surface area contributed by atoms with Gasteiger partial charge in [-0.1, -0.05) is 28.1 Å². The second-order valence-corrected chi connectivity index (χ2v) is 6.16. The lowest BCUT2D eigenvalue weighted by Gasteiger charge is -2.34. The van der Waals surface area contributed by atoms with E-state index in [-0.39, 0.29) is 12.5 Å². The van der Waals surface area contributed by atoms with Crippen molar-refractivity contribution in [3.05, 3.63) is 28.7 Å². The maximum atomic E-state index is 11.8. The van der Waals surface area contributed by atoms with Crippen LogP contribution in [0.25, 0.3) is 0 Å². The van der Waals surface area contributed by atoms with Gasteiger partial charge in [-0.05, 0) is 17.6 Å². The van der Waals surface area contributed by atoms with Gasteiger partial charge in [-0.3, -0.25) is 0 Å². The van der Waals surface area contributed by atoms with Crippen LogP contribution in [0.15, 0.2) is 28.7 Å². The van der Waals surface area contributed by atoms with Crippen molar-refractivity contribution in [1.82, 2.24) is 0 Å². The molecule has 1 heterocycles. The van der Waals surface area contributed by atoms with Gasteiger partial charge in [0.15, 0.2) is 12.8 Å². The Hall–Kier alpha value is -0.885. The molecule has 0 amide bonds. The maximum Gasteiger partial charge on any atom is 0.566 e. The third-order valence-corrected chi connectivity index (χ3v) is 3.34. The molecule has 0 aliphatic carbocycles. The molecule has 0 aromatic heterocycles. The van der Waals surface area contributed by atoms with Crippen LogP contribution in [-0.4, -0.2) is 56.2 Å². The van der Waals surface area contributed by atoms with E-state index >= 15 is 0 Å². The van der Waals surface area contributed by atoms with Crippen LogP contribution in [-0.2, 0) is 14.1 Å². The number of hydrogen-bond donors (Lipinski definition) is 1. The summed E-state index contributed by atoms with van der Waals surface area (Å²) in [5.41, 5.74) is 0.689. The Kier molecular flexibility index (Phi) is 4.30. The van der Waals surface area contributed by atoms with Gasteiger partial charge in [-0.25, -0.2) is 4.79 Å². The van der Waals surface area contributed by atoms with E-state index < -0.39 is 13.4 Å². The van der Waals surface area contributed by atoms with Crippen LogP contribution in [0.2, 0.25) is 0 Å². The lowest BCUT2D eigenvalue weighted by Crippen LogP contribution is -2.56. The number of carbonyl (C=O) groups is 1. The molecule has 2 rings (SSSR count). The smallest absolute Gasteiger partial charge is 0.501 e. The normalized spacial score (nSPS) is 23.5. The Balaban J connectivity index is 2.20. The fourth-order valence-electron chi connectivity index (χ4n) is 2.01. The summed E-state index contributed by atoms with van der Waals surface area (Å²) in [6.45, 7) is 0.532. The van der Waals surface area contributed by atoms with Crippen LogP contribution >= 0.6 is 15.9 Å². The molecule has 1 aliphatic rings. The molecule has 1 aliphatic heterocycles. The van der Waals surface area contributed by atoms with Crippen molar-refractivity contribution in [3.63, 3.8) is 0 Å². The Morgan fingerprint density at radius 1 is 1.47 bits per heavy atom. The van der Waals surface area contributed by atoms with Crippen LogP contribution in [0, 0.1) is 0 Å². The second kappa shape index (κ2) is 5.62. The predicted octanol–water partition coefficient (Wildman–Crippen LogP) is 0.112. The highest BCUT2D eigenvalue weighted by atomic mass is 79.9. The first-order valence-corrected chi connectivity index (χ1v) is 6.75. The molecule has 1 unspecified atom stereocenters. The van der Waals surface area contributed by atoms with Crippen molar-refractivity contribution < 1.29 is 23.7 Å². The number of quaternary nitrogens is 1. The third kappa shape index (κ3) is 4.04. The highest BCUT2D eigenvalue weighted by molar-refractivity contribution is 9.10. The minimum atomic E-state index is -0.980. The number of rotatable bonds is 1. The summed E-state index contributed by atoms with van der Waals surface area (Å²) in [5.74, 6) is -0.345. The molecule has 7 heteroatoms. The summed E-state index contributed by atoms with van der Waals surface area (Å²) in [6, 6.07) is 7.27. The average Bonchev–Trinajstić information content (AvgIpc) is 2.24. The predicted molar refractivity (Wildman–Crippen MR) is 74.6 cm³/mol. The Labute approximate surface area is 121 Å². The van der Waals surface area contributed by atoms with Crippen molar-refractivity contribution in [3.8, 4) is 0 Å². The lowest BCUT2D eigenvalue weighted by molar-refractivity contribution is -0.889. The first-order chi connectivity index (χ1) is 8.85. The standard InChI is InChI=1S/C12H16BBrNO4/c1-15(2)7-11(16)18-13(19-12(17)8-15)9-4-3-5-10(14)6-9/h3-6,11,16H,7-8H2,1-2H3/q+1. The zero-order valence-electron chi connectivity index (χ0n) is 10.9. The SMILES string of the molecule is C[N+]1(C)CC(=O)OB(c2cccc(Br)c2)OC(O)C1. The van der Waals surface area contributed by atoms with Gasteiger partial charge in [-0.15, -0.1) is 0 Å². The molecule has 1 saturated heterocycles. The number of aliphatic hydroxyl groups is 1. The number of halogens is 1. The number of likely N-dealkylation sites (N-methyl/N-ethyl adjacent to an activating group) is 1. The molecule has 0 radical (unpaired) electrons. The van der Waals surface area contributed by atoms with Gasteiger partial charge in [0.25, 0.3) is 0 Å². The van der Waals surface area contributed by atoms with Gasteiger partial charge >= 0.3 is 13.1 Å². The number of benzene rings is 1. The molecule has 1 fully saturated rings. The lowest BCUT2D eigenvalue weighted by atomic mass is 9.78. The number of carbonyl (C=O) groups excluding carboxylic acids is 1. The summed E-state index contributed by atoms with van der Waals surface area (Å²) in [4.78, 5) is 11.8. The van der Waals surface area contributed by atoms with E-state index in [2.05, 4.69) is 15.9 Å². The Morgan fingerprint density at radius 3 is 2.89 bits per heavy atom. The van der Waals surface area contributed by atoms with Gasteiger partial charge in [-0.2, -0.15) is 0 Å². The van der Waals surface area contributed by atoms with Gasteiger partial charge in [0.05, 0.1) is 14.1 Å². The molecular formula is C12H16BBrNO4+. The van der Waals surface area contributed by atoms with Crippen LogP contribution in [0.3, 0.4) is 0 Å². The first kappa shape index (κ1) is 14.5. The molecule has 1 atom stereocenters. The fraction of sp³-hybridized carbons (Fsp3) is 0.417. The molecule has 0 bridgehead atoms. The highest BCUT2D eigenvalue weighted by Gasteiger charge is 2.37. The fourth-order valence-corrected chi connectivity index (χ4v) is 2.42. The molecule has 0 spiro atoms. The maximum absolute atomic E-state index is 11.8. The molecule has 0 saturated carbocycles. The van der Waals surface area contributed by atoms with Crippen molar-refractivity contribution in [2.45, 2.75) is 6.29 Å². The zero-order chi connectivity index (χ0) is 14.0. The van der Waals surface area contributed by atoms with E-state index in [1.54, 1.807) is 12.1 Å². The zero-order valence-corrected chi connectivity index (χ0v) is 12.5. The molecule has 1 aromatic rings. The van der Waals surface area contributed by atoms with Gasteiger partial charge < -0.3 is 18.9 Å². The van der Waals surface area contributed by atoms with E-state index in [9.17, 15) is 9.90 Å². The Morgan fingerprint density at radius 2 is 2.21 bits per heavy atom. The van der Waals surface area contributed by atoms with Gasteiger partial charge in [0, 0.05) is 4.47 Å². The summed E-state index contributed by atoms with van der Waals surface area (Å²) < 4.78 is 11.9. The van der Waals surface area contributed by atoms with Crippen LogP contribution in [0.5, 0.6) is 0 Å². The van der Waals surface area contributed by atoms with Gasteiger partial charge in [0.1, 0.15) is 6.54 Å². The van der Waals surface area contributed by atoms with E-state index in [0.717, 1.165) is 4.47 Å². The van der Waals surface area contributed by atoms with Crippen molar-refractivity contribution in [2.75, 3.05) is 27.2 Å². The molecule has 5 nitrogen and oxygen atoms in total. The van der Waals surface area contributed by atoms with E-state index in [4.69, 9.17) is 9.31 Å². The summed E-state index contributed by atoms with van der Waals surface area (Å²) >= 11 is 3.35. The second-order valence-electron chi connectivity index (χ2n) is 5.24. The molecule has 19 heavy (non-hydrogen) atoms. The average molecular weight is 329 g/mol. The van der Waals surface area contributed by atoms with E-state index in [1.807, 2.05) is 26.2 Å². The summed E-state index contributed by atoms with van der Waals surface area (Å²) in [7, 11) is 2.81. The number of hydrogen-bond acceptors (Lipinski definition) is 4. The molecular weight excluding hydrogens is 313 g/mol. The monoisotopic (exact) mass is 328 g/mol. The van der Waals surface area contributed by atoms with Gasteiger partial charge in [0.2, 0.25) is 0 Å². The number of aliphatic hydroxyl groups excluding tert-OH is 1. The largest absolute Gasteiger partial charge is 0.566 e. The van der Waals surface area contributed by atoms with Crippen LogP contribution in [0.1, 0.15) is 0 Å². The molecule has 102 valence electrons. The molecule has 1 N–H and O–H groups in total. The number of nitrogens with zero attached hydrogens (tertiary/aromatic N) is 1. The Bertz CT molecular complexity index is 483. The van der Waals surface area contributed by atoms with E-state index in [1.165, 1.54) is 0 Å².